The van der Waals surface area contributed by atoms with Gasteiger partial charge in [0.05, 0.1) is 32.0 Å². The Kier molecular flexibility index (Phi) is 58.5. The van der Waals surface area contributed by atoms with Crippen molar-refractivity contribution in [3.63, 3.8) is 0 Å². The van der Waals surface area contributed by atoms with Crippen molar-refractivity contribution < 1.29 is 49.3 Å². The topological polar surface area (TPSA) is 175 Å². The van der Waals surface area contributed by atoms with E-state index in [9.17, 15) is 35.1 Å². The van der Waals surface area contributed by atoms with E-state index in [1.54, 1.807) is 6.08 Å². The molecule has 488 valence electrons. The lowest BCUT2D eigenvalue weighted by Gasteiger charge is -2.40. The molecule has 1 amide bonds. The van der Waals surface area contributed by atoms with Crippen molar-refractivity contribution in [1.82, 2.24) is 5.32 Å². The summed E-state index contributed by atoms with van der Waals surface area (Å²) < 4.78 is 16.7. The third-order valence-corrected chi connectivity index (χ3v) is 17.0. The summed E-state index contributed by atoms with van der Waals surface area (Å²) in [5.41, 5.74) is 0. The quantitative estimate of drug-likeness (QED) is 0.0195. The number of carbonyl (C=O) groups excluding carboxylic acids is 2. The minimum absolute atomic E-state index is 0.00869. The van der Waals surface area contributed by atoms with Gasteiger partial charge in [-0.1, -0.05) is 307 Å². The number of aliphatic hydroxyl groups excluding tert-OH is 5. The molecule has 0 aliphatic carbocycles. The van der Waals surface area contributed by atoms with Crippen LogP contribution in [0.1, 0.15) is 348 Å². The molecule has 6 N–H and O–H groups in total. The molecule has 0 aromatic carbocycles. The van der Waals surface area contributed by atoms with E-state index in [-0.39, 0.29) is 18.5 Å². The summed E-state index contributed by atoms with van der Waals surface area (Å²) in [4.78, 5) is 25.1. The highest BCUT2D eigenvalue weighted by atomic mass is 16.7. The molecule has 1 saturated heterocycles. The fraction of sp³-hybridized carbons (Fsp3) is 0.889. The molecular weight excluding hydrogens is 1040 g/mol. The lowest BCUT2D eigenvalue weighted by Crippen LogP contribution is -2.60. The van der Waals surface area contributed by atoms with Crippen LogP contribution >= 0.6 is 0 Å². The van der Waals surface area contributed by atoms with E-state index < -0.39 is 49.5 Å². The molecule has 1 fully saturated rings. The molecule has 1 aliphatic rings. The number of nitrogens with one attached hydrogen (secondary N) is 1. The van der Waals surface area contributed by atoms with Gasteiger partial charge in [0, 0.05) is 12.8 Å². The second kappa shape index (κ2) is 61.5. The highest BCUT2D eigenvalue weighted by Crippen LogP contribution is 2.23. The predicted molar refractivity (Wildman–Crippen MR) is 347 cm³/mol. The van der Waals surface area contributed by atoms with Gasteiger partial charge in [-0.25, -0.2) is 0 Å². The molecule has 0 spiro atoms. The molecule has 83 heavy (non-hydrogen) atoms. The zero-order valence-corrected chi connectivity index (χ0v) is 54.2. The number of hydrogen-bond acceptors (Lipinski definition) is 10. The van der Waals surface area contributed by atoms with Crippen molar-refractivity contribution in [2.45, 2.75) is 391 Å². The molecule has 7 unspecified atom stereocenters. The largest absolute Gasteiger partial charge is 0.466 e. The Morgan fingerprint density at radius 2 is 0.807 bits per heavy atom. The molecule has 0 saturated carbocycles. The van der Waals surface area contributed by atoms with E-state index in [2.05, 4.69) is 43.5 Å². The Bertz CT molecular complexity index is 1470. The summed E-state index contributed by atoms with van der Waals surface area (Å²) in [7, 11) is 0. The Hall–Kier alpha value is -2.12. The van der Waals surface area contributed by atoms with Crippen molar-refractivity contribution in [2.24, 2.45) is 0 Å². The minimum atomic E-state index is -1.57. The fourth-order valence-corrected chi connectivity index (χ4v) is 11.4. The molecule has 11 heteroatoms. The van der Waals surface area contributed by atoms with Crippen LogP contribution < -0.4 is 5.32 Å². The monoisotopic (exact) mass is 1170 g/mol. The van der Waals surface area contributed by atoms with E-state index >= 15 is 0 Å². The van der Waals surface area contributed by atoms with Gasteiger partial charge >= 0.3 is 5.97 Å². The molecule has 11 nitrogen and oxygen atoms in total. The molecular formula is C72H135NO10. The van der Waals surface area contributed by atoms with Crippen LogP contribution in [0.25, 0.3) is 0 Å². The molecule has 0 radical (unpaired) electrons. The number of hydrogen-bond donors (Lipinski definition) is 6. The van der Waals surface area contributed by atoms with Gasteiger partial charge in [-0.3, -0.25) is 9.59 Å². The highest BCUT2D eigenvalue weighted by Gasteiger charge is 2.44. The van der Waals surface area contributed by atoms with Gasteiger partial charge in [0.2, 0.25) is 5.91 Å². The number of esters is 1. The summed E-state index contributed by atoms with van der Waals surface area (Å²) in [6.07, 6.45) is 68.7. The summed E-state index contributed by atoms with van der Waals surface area (Å²) in [5, 5.41) is 54.3. The van der Waals surface area contributed by atoms with Gasteiger partial charge in [0.15, 0.2) is 6.29 Å². The van der Waals surface area contributed by atoms with Gasteiger partial charge in [-0.05, 0) is 64.2 Å². The first-order chi connectivity index (χ1) is 40.7. The first-order valence-electron chi connectivity index (χ1n) is 35.8. The molecule has 0 aromatic heterocycles. The summed E-state index contributed by atoms with van der Waals surface area (Å²) in [6, 6.07) is -0.807. The van der Waals surface area contributed by atoms with Crippen molar-refractivity contribution in [3.8, 4) is 0 Å². The van der Waals surface area contributed by atoms with Crippen molar-refractivity contribution in [3.05, 3.63) is 36.5 Å². The lowest BCUT2D eigenvalue weighted by molar-refractivity contribution is -0.302. The van der Waals surface area contributed by atoms with Gasteiger partial charge in [-0.15, -0.1) is 0 Å². The summed E-state index contributed by atoms with van der Waals surface area (Å²) in [5.74, 6) is -0.172. The van der Waals surface area contributed by atoms with Gasteiger partial charge < -0.3 is 45.1 Å². The summed E-state index contributed by atoms with van der Waals surface area (Å²) in [6.45, 7) is 4.34. The van der Waals surface area contributed by atoms with E-state index in [0.717, 1.165) is 57.8 Å². The van der Waals surface area contributed by atoms with Gasteiger partial charge in [-0.2, -0.15) is 0 Å². The van der Waals surface area contributed by atoms with Crippen LogP contribution in [-0.2, 0) is 23.8 Å². The van der Waals surface area contributed by atoms with Crippen LogP contribution in [0.3, 0.4) is 0 Å². The van der Waals surface area contributed by atoms with Crippen LogP contribution in [0, 0.1) is 0 Å². The second-order valence-electron chi connectivity index (χ2n) is 24.9. The Morgan fingerprint density at radius 1 is 0.446 bits per heavy atom. The van der Waals surface area contributed by atoms with E-state index in [0.29, 0.717) is 19.4 Å². The molecule has 0 aromatic rings. The van der Waals surface area contributed by atoms with Crippen molar-refractivity contribution in [2.75, 3.05) is 19.8 Å². The number of carbonyl (C=O) groups is 2. The highest BCUT2D eigenvalue weighted by molar-refractivity contribution is 5.76. The normalized spacial score (nSPS) is 18.3. The Morgan fingerprint density at radius 3 is 1.22 bits per heavy atom. The molecule has 1 heterocycles. The van der Waals surface area contributed by atoms with Crippen LogP contribution in [0.2, 0.25) is 0 Å². The third-order valence-electron chi connectivity index (χ3n) is 17.0. The molecule has 0 bridgehead atoms. The van der Waals surface area contributed by atoms with Gasteiger partial charge in [0.1, 0.15) is 24.4 Å². The smallest absolute Gasteiger partial charge is 0.305 e. The molecule has 1 rings (SSSR count). The molecule has 7 atom stereocenters. The number of aliphatic hydroxyl groups is 5. The zero-order chi connectivity index (χ0) is 60.2. The average molecular weight is 1170 g/mol. The maximum atomic E-state index is 13.0. The number of allylic oxidation sites excluding steroid dienone is 5. The average Bonchev–Trinajstić information content (AvgIpc) is 3.64. The standard InChI is InChI=1S/C72H135NO10/c1-3-5-7-9-11-13-14-36-40-44-48-52-56-60-68(77)81-61-57-53-49-45-41-38-35-33-31-29-27-25-23-21-19-17-15-16-18-20-22-24-26-28-30-32-34-37-39-43-47-51-55-59-67(76)73-64(65(75)58-54-50-46-42-12-10-8-6-4-2)63-82-72-71(80)70(79)69(78)66(62-74)83-72/h19,21,25,27,54,58,64-66,69-72,74-75,78-80H,3-18,20,22-24,26,28-53,55-57,59-63H2,1-2H3,(H,73,76)/b21-19-,27-25-,58-54+. The first kappa shape index (κ1) is 78.9. The van der Waals surface area contributed by atoms with E-state index in [4.69, 9.17) is 14.2 Å². The van der Waals surface area contributed by atoms with Crippen molar-refractivity contribution in [1.29, 1.82) is 0 Å². The predicted octanol–water partition coefficient (Wildman–Crippen LogP) is 18.2. The lowest BCUT2D eigenvalue weighted by atomic mass is 9.99. The summed E-state index contributed by atoms with van der Waals surface area (Å²) >= 11 is 0. The minimum Gasteiger partial charge on any atom is -0.466 e. The van der Waals surface area contributed by atoms with Crippen LogP contribution in [-0.4, -0.2) is 100 Å². The second-order valence-corrected chi connectivity index (χ2v) is 24.9. The number of unbranched alkanes of at least 4 members (excludes halogenated alkanes) is 45. The molecule has 1 aliphatic heterocycles. The SMILES string of the molecule is CCCCCCCCC/C=C/C(O)C(COC1OC(CO)C(O)C(O)C1O)NC(=O)CCCCCCCCCCCCCCCCCCC/C=C\C/C=C\CCCCCCCCCCCOC(=O)CCCCCCCCCCCCCCC. The first-order valence-corrected chi connectivity index (χ1v) is 35.8. The fourth-order valence-electron chi connectivity index (χ4n) is 11.4. The van der Waals surface area contributed by atoms with Crippen LogP contribution in [0.15, 0.2) is 36.5 Å². The maximum Gasteiger partial charge on any atom is 0.305 e. The van der Waals surface area contributed by atoms with Crippen LogP contribution in [0.5, 0.6) is 0 Å². The Labute approximate surface area is 511 Å². The van der Waals surface area contributed by atoms with Crippen molar-refractivity contribution >= 4 is 11.9 Å². The Balaban J connectivity index is 1.91. The maximum absolute atomic E-state index is 13.0. The van der Waals surface area contributed by atoms with Crippen LogP contribution in [0.4, 0.5) is 0 Å². The van der Waals surface area contributed by atoms with E-state index in [1.165, 1.54) is 263 Å². The number of amides is 1. The third kappa shape index (κ3) is 50.6. The number of rotatable bonds is 63. The zero-order valence-electron chi connectivity index (χ0n) is 54.2. The van der Waals surface area contributed by atoms with E-state index in [1.807, 2.05) is 6.08 Å². The van der Waals surface area contributed by atoms with Gasteiger partial charge in [0.25, 0.3) is 0 Å². The number of ether oxygens (including phenoxy) is 3.